The summed E-state index contributed by atoms with van der Waals surface area (Å²) in [4.78, 5) is 1.40. The Balaban J connectivity index is 2.03. The SMILES string of the molecule is CCCNC1CCC(C(C)C)CC1Sc1ccc(Br)cc1. The number of halogens is 1. The van der Waals surface area contributed by atoms with Crippen LogP contribution < -0.4 is 5.32 Å². The van der Waals surface area contributed by atoms with E-state index < -0.39 is 0 Å². The van der Waals surface area contributed by atoms with E-state index in [-0.39, 0.29) is 0 Å². The predicted molar refractivity (Wildman–Crippen MR) is 98.0 cm³/mol. The van der Waals surface area contributed by atoms with E-state index in [0.29, 0.717) is 11.3 Å². The fraction of sp³-hybridized carbons (Fsp3) is 0.667. The second-order valence-electron chi connectivity index (χ2n) is 6.49. The minimum atomic E-state index is 0.675. The average molecular weight is 370 g/mol. The largest absolute Gasteiger partial charge is 0.313 e. The van der Waals surface area contributed by atoms with E-state index in [0.717, 1.165) is 22.9 Å². The standard InChI is InChI=1S/C18H28BrNS/c1-4-11-20-17-10-5-14(13(2)3)12-18(17)21-16-8-6-15(19)7-9-16/h6-9,13-14,17-18,20H,4-5,10-12H2,1-3H3. The van der Waals surface area contributed by atoms with E-state index in [1.54, 1.807) is 0 Å². The zero-order chi connectivity index (χ0) is 15.2. The lowest BCUT2D eigenvalue weighted by Gasteiger charge is -2.38. The van der Waals surface area contributed by atoms with Crippen LogP contribution in [0.25, 0.3) is 0 Å². The quantitative estimate of drug-likeness (QED) is 0.686. The van der Waals surface area contributed by atoms with E-state index in [4.69, 9.17) is 0 Å². The lowest BCUT2D eigenvalue weighted by molar-refractivity contribution is 0.246. The van der Waals surface area contributed by atoms with E-state index >= 15 is 0 Å². The molecule has 1 saturated carbocycles. The molecular formula is C18H28BrNS. The van der Waals surface area contributed by atoms with Gasteiger partial charge >= 0.3 is 0 Å². The van der Waals surface area contributed by atoms with Crippen LogP contribution in [0.3, 0.4) is 0 Å². The minimum absolute atomic E-state index is 0.675. The van der Waals surface area contributed by atoms with Crippen molar-refractivity contribution < 1.29 is 0 Å². The van der Waals surface area contributed by atoms with Crippen LogP contribution in [-0.4, -0.2) is 17.8 Å². The third-order valence-corrected chi connectivity index (χ3v) is 6.43. The molecule has 0 bridgehead atoms. The molecule has 0 radical (unpaired) electrons. The molecule has 21 heavy (non-hydrogen) atoms. The molecule has 1 aliphatic rings. The number of nitrogens with one attached hydrogen (secondary N) is 1. The second kappa shape index (κ2) is 8.59. The maximum atomic E-state index is 3.78. The topological polar surface area (TPSA) is 12.0 Å². The molecule has 118 valence electrons. The molecule has 3 atom stereocenters. The van der Waals surface area contributed by atoms with Crippen LogP contribution in [-0.2, 0) is 0 Å². The van der Waals surface area contributed by atoms with Crippen LogP contribution >= 0.6 is 27.7 Å². The summed E-state index contributed by atoms with van der Waals surface area (Å²) in [7, 11) is 0. The van der Waals surface area contributed by atoms with Gasteiger partial charge in [0.15, 0.2) is 0 Å². The first-order valence-electron chi connectivity index (χ1n) is 8.25. The molecular weight excluding hydrogens is 342 g/mol. The van der Waals surface area contributed by atoms with Crippen LogP contribution in [0.1, 0.15) is 46.5 Å². The monoisotopic (exact) mass is 369 g/mol. The van der Waals surface area contributed by atoms with Crippen molar-refractivity contribution in [2.45, 2.75) is 62.6 Å². The van der Waals surface area contributed by atoms with E-state index in [1.807, 2.05) is 0 Å². The molecule has 1 aromatic rings. The van der Waals surface area contributed by atoms with Gasteiger partial charge in [0, 0.05) is 20.7 Å². The number of hydrogen-bond acceptors (Lipinski definition) is 2. The van der Waals surface area contributed by atoms with Gasteiger partial charge in [0.05, 0.1) is 0 Å². The predicted octanol–water partition coefficient (Wildman–Crippen LogP) is 5.73. The number of hydrogen-bond donors (Lipinski definition) is 1. The Hall–Kier alpha value is 0.01000. The summed E-state index contributed by atoms with van der Waals surface area (Å²) in [5.74, 6) is 1.70. The van der Waals surface area contributed by atoms with Crippen LogP contribution in [0.4, 0.5) is 0 Å². The second-order valence-corrected chi connectivity index (χ2v) is 8.72. The highest BCUT2D eigenvalue weighted by Gasteiger charge is 2.32. The van der Waals surface area contributed by atoms with E-state index in [1.165, 1.54) is 30.6 Å². The van der Waals surface area contributed by atoms with E-state index in [2.05, 4.69) is 78.0 Å². The number of thioether (sulfide) groups is 1. The molecule has 1 nitrogen and oxygen atoms in total. The van der Waals surface area contributed by atoms with Crippen molar-refractivity contribution in [3.8, 4) is 0 Å². The fourth-order valence-corrected chi connectivity index (χ4v) is 4.79. The van der Waals surface area contributed by atoms with Crippen LogP contribution in [0.5, 0.6) is 0 Å². The Morgan fingerprint density at radius 2 is 1.95 bits per heavy atom. The molecule has 1 N–H and O–H groups in total. The van der Waals surface area contributed by atoms with Crippen LogP contribution in [0.15, 0.2) is 33.6 Å². The molecule has 0 heterocycles. The summed E-state index contributed by atoms with van der Waals surface area (Å²) in [5.41, 5.74) is 0. The molecule has 3 heteroatoms. The molecule has 1 fully saturated rings. The number of rotatable bonds is 6. The molecule has 0 spiro atoms. The average Bonchev–Trinajstić information content (AvgIpc) is 2.48. The zero-order valence-corrected chi connectivity index (χ0v) is 15.8. The van der Waals surface area contributed by atoms with Gasteiger partial charge < -0.3 is 5.32 Å². The minimum Gasteiger partial charge on any atom is -0.313 e. The highest BCUT2D eigenvalue weighted by Crippen LogP contribution is 2.39. The van der Waals surface area contributed by atoms with Gasteiger partial charge in [-0.3, -0.25) is 0 Å². The van der Waals surface area contributed by atoms with Crippen LogP contribution in [0, 0.1) is 11.8 Å². The maximum Gasteiger partial charge on any atom is 0.0251 e. The molecule has 3 unspecified atom stereocenters. The molecule has 0 saturated heterocycles. The Morgan fingerprint density at radius 3 is 2.57 bits per heavy atom. The van der Waals surface area contributed by atoms with Crippen molar-refractivity contribution in [2.75, 3.05) is 6.54 Å². The summed E-state index contributed by atoms with van der Waals surface area (Å²) < 4.78 is 1.16. The Morgan fingerprint density at radius 1 is 1.24 bits per heavy atom. The van der Waals surface area contributed by atoms with Gasteiger partial charge in [-0.25, -0.2) is 0 Å². The summed E-state index contributed by atoms with van der Waals surface area (Å²) in [6.45, 7) is 8.16. The van der Waals surface area contributed by atoms with E-state index in [9.17, 15) is 0 Å². The third kappa shape index (κ3) is 5.30. The molecule has 0 amide bonds. The van der Waals surface area contributed by atoms with Crippen molar-refractivity contribution in [1.82, 2.24) is 5.32 Å². The Bertz CT molecular complexity index is 418. The van der Waals surface area contributed by atoms with Gasteiger partial charge in [0.2, 0.25) is 0 Å². The van der Waals surface area contributed by atoms with Crippen LogP contribution in [0.2, 0.25) is 0 Å². The molecule has 0 aliphatic heterocycles. The van der Waals surface area contributed by atoms with Gasteiger partial charge in [-0.15, -0.1) is 11.8 Å². The van der Waals surface area contributed by atoms with Crippen molar-refractivity contribution in [3.63, 3.8) is 0 Å². The van der Waals surface area contributed by atoms with Gasteiger partial charge in [-0.2, -0.15) is 0 Å². The van der Waals surface area contributed by atoms with Gasteiger partial charge in [0.1, 0.15) is 0 Å². The lowest BCUT2D eigenvalue weighted by atomic mass is 9.79. The molecule has 1 aliphatic carbocycles. The first-order chi connectivity index (χ1) is 10.1. The highest BCUT2D eigenvalue weighted by atomic mass is 79.9. The first kappa shape index (κ1) is 17.4. The first-order valence-corrected chi connectivity index (χ1v) is 9.93. The summed E-state index contributed by atoms with van der Waals surface area (Å²) in [6, 6.07) is 9.46. The summed E-state index contributed by atoms with van der Waals surface area (Å²) >= 11 is 5.59. The van der Waals surface area contributed by atoms with Crippen molar-refractivity contribution in [1.29, 1.82) is 0 Å². The zero-order valence-electron chi connectivity index (χ0n) is 13.4. The highest BCUT2D eigenvalue weighted by molar-refractivity contribution is 9.10. The van der Waals surface area contributed by atoms with Gasteiger partial charge in [0.25, 0.3) is 0 Å². The Kier molecular flexibility index (Phi) is 7.11. The summed E-state index contributed by atoms with van der Waals surface area (Å²) in [5, 5.41) is 4.49. The molecule has 1 aromatic carbocycles. The molecule has 2 rings (SSSR count). The molecule has 0 aromatic heterocycles. The lowest BCUT2D eigenvalue weighted by Crippen LogP contribution is -2.43. The summed E-state index contributed by atoms with van der Waals surface area (Å²) in [6.07, 6.45) is 5.28. The third-order valence-electron chi connectivity index (χ3n) is 4.53. The van der Waals surface area contributed by atoms with Crippen molar-refractivity contribution in [3.05, 3.63) is 28.7 Å². The number of benzene rings is 1. The van der Waals surface area contributed by atoms with Gasteiger partial charge in [-0.1, -0.05) is 36.7 Å². The van der Waals surface area contributed by atoms with Crippen molar-refractivity contribution in [2.24, 2.45) is 11.8 Å². The van der Waals surface area contributed by atoms with Crippen molar-refractivity contribution >= 4 is 27.7 Å². The smallest absolute Gasteiger partial charge is 0.0251 e. The van der Waals surface area contributed by atoms with Gasteiger partial charge in [-0.05, 0) is 68.3 Å². The fourth-order valence-electron chi connectivity index (χ4n) is 3.15. The maximum absolute atomic E-state index is 3.78. The normalized spacial score (nSPS) is 26.2. The Labute approximate surface area is 142 Å².